The molecule has 0 unspecified atom stereocenters. The van der Waals surface area contributed by atoms with Gasteiger partial charge in [0.25, 0.3) is 0 Å². The van der Waals surface area contributed by atoms with Gasteiger partial charge in [0.2, 0.25) is 5.91 Å². The molecule has 1 aliphatic heterocycles. The number of carboxylic acid groups (broad SMARTS) is 1. The predicted octanol–water partition coefficient (Wildman–Crippen LogP) is 0.0137. The van der Waals surface area contributed by atoms with Gasteiger partial charge in [-0.05, 0) is 19.8 Å². The number of piperazine rings is 1. The Morgan fingerprint density at radius 3 is 2.19 bits per heavy atom. The van der Waals surface area contributed by atoms with Gasteiger partial charge in [-0.1, -0.05) is 0 Å². The minimum atomic E-state index is -0.790. The van der Waals surface area contributed by atoms with E-state index in [1.807, 2.05) is 9.80 Å². The first-order valence-corrected chi connectivity index (χ1v) is 5.85. The second-order valence-electron chi connectivity index (χ2n) is 4.65. The van der Waals surface area contributed by atoms with Gasteiger partial charge in [-0.25, -0.2) is 0 Å². The lowest BCUT2D eigenvalue weighted by molar-refractivity contribution is -0.144. The zero-order valence-corrected chi connectivity index (χ0v) is 9.56. The standard InChI is InChI=1S/C11H18N2O3/c1-8(11(15)16)12-4-6-13(7-5-12)10(14)9-2-3-9/h8-9H,2-7H2,1H3,(H,15,16)/t8-/m1/s1. The first-order chi connectivity index (χ1) is 7.59. The monoisotopic (exact) mass is 226 g/mol. The third kappa shape index (κ3) is 2.35. The maximum atomic E-state index is 11.8. The summed E-state index contributed by atoms with van der Waals surface area (Å²) >= 11 is 0. The first kappa shape index (κ1) is 11.4. The molecular weight excluding hydrogens is 208 g/mol. The minimum absolute atomic E-state index is 0.266. The van der Waals surface area contributed by atoms with Gasteiger partial charge >= 0.3 is 5.97 Å². The summed E-state index contributed by atoms with van der Waals surface area (Å²) in [6, 6.07) is -0.446. The third-order valence-electron chi connectivity index (χ3n) is 3.46. The van der Waals surface area contributed by atoms with Crippen molar-refractivity contribution in [3.63, 3.8) is 0 Å². The smallest absolute Gasteiger partial charge is 0.320 e. The number of rotatable bonds is 3. The van der Waals surface area contributed by atoms with Gasteiger partial charge < -0.3 is 10.0 Å². The zero-order valence-electron chi connectivity index (χ0n) is 9.56. The second-order valence-corrected chi connectivity index (χ2v) is 4.65. The highest BCUT2D eigenvalue weighted by Crippen LogP contribution is 2.31. The molecule has 0 radical (unpaired) electrons. The fourth-order valence-corrected chi connectivity index (χ4v) is 2.07. The number of amides is 1. The summed E-state index contributed by atoms with van der Waals surface area (Å²) in [5.74, 6) is -0.256. The van der Waals surface area contributed by atoms with Crippen LogP contribution in [-0.2, 0) is 9.59 Å². The lowest BCUT2D eigenvalue weighted by Crippen LogP contribution is -2.53. The Kier molecular flexibility index (Phi) is 3.14. The third-order valence-corrected chi connectivity index (χ3v) is 3.46. The van der Waals surface area contributed by atoms with Gasteiger partial charge in [0.15, 0.2) is 0 Å². The van der Waals surface area contributed by atoms with E-state index in [9.17, 15) is 9.59 Å². The Labute approximate surface area is 95.0 Å². The molecule has 0 spiro atoms. The Balaban J connectivity index is 1.81. The first-order valence-electron chi connectivity index (χ1n) is 5.85. The Hall–Kier alpha value is -1.10. The molecule has 1 saturated carbocycles. The molecule has 90 valence electrons. The van der Waals surface area contributed by atoms with Crippen molar-refractivity contribution >= 4 is 11.9 Å². The molecule has 1 saturated heterocycles. The van der Waals surface area contributed by atoms with Crippen molar-refractivity contribution in [1.29, 1.82) is 0 Å². The van der Waals surface area contributed by atoms with Crippen LogP contribution >= 0.6 is 0 Å². The number of aliphatic carboxylic acids is 1. The summed E-state index contributed by atoms with van der Waals surface area (Å²) in [4.78, 5) is 26.4. The zero-order chi connectivity index (χ0) is 11.7. The summed E-state index contributed by atoms with van der Waals surface area (Å²) in [5.41, 5.74) is 0. The molecule has 1 aliphatic carbocycles. The van der Waals surface area contributed by atoms with Gasteiger partial charge in [-0.2, -0.15) is 0 Å². The fourth-order valence-electron chi connectivity index (χ4n) is 2.07. The molecule has 0 aromatic carbocycles. The van der Waals surface area contributed by atoms with Crippen LogP contribution in [0.25, 0.3) is 0 Å². The van der Waals surface area contributed by atoms with Crippen LogP contribution in [0.4, 0.5) is 0 Å². The van der Waals surface area contributed by atoms with Crippen LogP contribution in [0.2, 0.25) is 0 Å². The van der Waals surface area contributed by atoms with E-state index in [2.05, 4.69) is 0 Å². The van der Waals surface area contributed by atoms with Crippen molar-refractivity contribution in [3.05, 3.63) is 0 Å². The van der Waals surface area contributed by atoms with Crippen LogP contribution in [0.5, 0.6) is 0 Å². The maximum Gasteiger partial charge on any atom is 0.320 e. The van der Waals surface area contributed by atoms with E-state index in [0.29, 0.717) is 26.2 Å². The summed E-state index contributed by atoms with van der Waals surface area (Å²) in [5, 5.41) is 8.89. The van der Waals surface area contributed by atoms with E-state index in [1.165, 1.54) is 0 Å². The van der Waals surface area contributed by atoms with Gasteiger partial charge in [0.1, 0.15) is 6.04 Å². The van der Waals surface area contributed by atoms with Crippen LogP contribution in [0.15, 0.2) is 0 Å². The van der Waals surface area contributed by atoms with Crippen molar-refractivity contribution in [2.75, 3.05) is 26.2 Å². The molecule has 0 aromatic rings. The molecule has 0 bridgehead atoms. The number of carbonyl (C=O) groups excluding carboxylic acids is 1. The van der Waals surface area contributed by atoms with E-state index in [-0.39, 0.29) is 11.8 Å². The van der Waals surface area contributed by atoms with Crippen molar-refractivity contribution < 1.29 is 14.7 Å². The molecule has 2 rings (SSSR count). The normalized spacial score (nSPS) is 24.2. The van der Waals surface area contributed by atoms with Crippen molar-refractivity contribution in [2.24, 2.45) is 5.92 Å². The number of carbonyl (C=O) groups is 2. The van der Waals surface area contributed by atoms with Crippen molar-refractivity contribution in [1.82, 2.24) is 9.80 Å². The van der Waals surface area contributed by atoms with Gasteiger partial charge in [-0.15, -0.1) is 0 Å². The molecule has 16 heavy (non-hydrogen) atoms. The molecule has 1 N–H and O–H groups in total. The lowest BCUT2D eigenvalue weighted by atomic mass is 10.2. The molecule has 1 amide bonds. The van der Waals surface area contributed by atoms with E-state index < -0.39 is 12.0 Å². The predicted molar refractivity (Wildman–Crippen MR) is 58.0 cm³/mol. The molecule has 1 atom stereocenters. The van der Waals surface area contributed by atoms with Gasteiger partial charge in [0.05, 0.1) is 0 Å². The maximum absolute atomic E-state index is 11.8. The van der Waals surface area contributed by atoms with Gasteiger partial charge in [0, 0.05) is 32.1 Å². The van der Waals surface area contributed by atoms with E-state index in [1.54, 1.807) is 6.92 Å². The van der Waals surface area contributed by atoms with Crippen molar-refractivity contribution in [3.8, 4) is 0 Å². The molecule has 1 heterocycles. The Morgan fingerprint density at radius 2 is 1.75 bits per heavy atom. The molecular formula is C11H18N2O3. The van der Waals surface area contributed by atoms with Crippen molar-refractivity contribution in [2.45, 2.75) is 25.8 Å². The summed E-state index contributed by atoms with van der Waals surface area (Å²) in [6.07, 6.45) is 2.06. The minimum Gasteiger partial charge on any atom is -0.480 e. The molecule has 5 heteroatoms. The van der Waals surface area contributed by atoms with Crippen LogP contribution in [0.1, 0.15) is 19.8 Å². The highest BCUT2D eigenvalue weighted by atomic mass is 16.4. The molecule has 2 fully saturated rings. The molecule has 2 aliphatic rings. The second kappa shape index (κ2) is 4.41. The van der Waals surface area contributed by atoms with E-state index in [4.69, 9.17) is 5.11 Å². The largest absolute Gasteiger partial charge is 0.480 e. The van der Waals surface area contributed by atoms with E-state index in [0.717, 1.165) is 12.8 Å². The average molecular weight is 226 g/mol. The highest BCUT2D eigenvalue weighted by molar-refractivity contribution is 5.81. The fraction of sp³-hybridized carbons (Fsp3) is 0.818. The number of carboxylic acids is 1. The Morgan fingerprint density at radius 1 is 1.19 bits per heavy atom. The number of nitrogens with zero attached hydrogens (tertiary/aromatic N) is 2. The number of hydrogen-bond donors (Lipinski definition) is 1. The summed E-state index contributed by atoms with van der Waals surface area (Å²) < 4.78 is 0. The lowest BCUT2D eigenvalue weighted by Gasteiger charge is -2.36. The van der Waals surface area contributed by atoms with E-state index >= 15 is 0 Å². The van der Waals surface area contributed by atoms with Crippen LogP contribution in [-0.4, -0.2) is 59.0 Å². The molecule has 0 aromatic heterocycles. The highest BCUT2D eigenvalue weighted by Gasteiger charge is 2.35. The Bertz CT molecular complexity index is 294. The molecule has 5 nitrogen and oxygen atoms in total. The number of hydrogen-bond acceptors (Lipinski definition) is 3. The van der Waals surface area contributed by atoms with Gasteiger partial charge in [-0.3, -0.25) is 14.5 Å². The topological polar surface area (TPSA) is 60.9 Å². The average Bonchev–Trinajstić information content (AvgIpc) is 3.11. The summed E-state index contributed by atoms with van der Waals surface area (Å²) in [7, 11) is 0. The SMILES string of the molecule is C[C@H](C(=O)O)N1CCN(C(=O)C2CC2)CC1. The summed E-state index contributed by atoms with van der Waals surface area (Å²) in [6.45, 7) is 4.39. The van der Waals surface area contributed by atoms with Crippen LogP contribution < -0.4 is 0 Å². The van der Waals surface area contributed by atoms with Crippen LogP contribution in [0.3, 0.4) is 0 Å². The quantitative estimate of drug-likeness (QED) is 0.736. The van der Waals surface area contributed by atoms with Crippen LogP contribution in [0, 0.1) is 5.92 Å².